The number of rotatable bonds is 12. The lowest BCUT2D eigenvalue weighted by Gasteiger charge is -2.51. The van der Waals surface area contributed by atoms with Crippen LogP contribution in [0.3, 0.4) is 0 Å². The van der Waals surface area contributed by atoms with E-state index in [0.29, 0.717) is 13.0 Å². The Labute approximate surface area is 172 Å². The van der Waals surface area contributed by atoms with E-state index in [0.717, 1.165) is 11.6 Å². The van der Waals surface area contributed by atoms with Gasteiger partial charge in [0.05, 0.1) is 8.07 Å². The third kappa shape index (κ3) is 5.53. The quantitative estimate of drug-likeness (QED) is 0.184. The highest BCUT2D eigenvalue weighted by Crippen LogP contribution is 2.53. The standard InChI is InChI=1S/C24H47BOSi/c1-7-10-12-19-23(24(9-3,20-11-8-2)27(4,5)6)26-25-21-15-13-16-22(25)18-14-17-21/h9,21-23H,3,7-8,10-20H2,1-2,4-6H3/t21?,22?,23-,24-/m0/s1. The minimum atomic E-state index is -1.46. The minimum Gasteiger partial charge on any atom is -0.432 e. The first kappa shape index (κ1) is 23.3. The number of hydrogen-bond acceptors (Lipinski definition) is 1. The molecule has 2 heterocycles. The van der Waals surface area contributed by atoms with Gasteiger partial charge in [-0.3, -0.25) is 0 Å². The number of unbranched alkanes of at least 4 members (excludes halogenated alkanes) is 3. The lowest BCUT2D eigenvalue weighted by Crippen LogP contribution is -2.51. The van der Waals surface area contributed by atoms with Crippen LogP contribution < -0.4 is 0 Å². The highest BCUT2D eigenvalue weighted by molar-refractivity contribution is 6.80. The first-order valence-electron chi connectivity index (χ1n) is 12.2. The van der Waals surface area contributed by atoms with Crippen LogP contribution in [0.2, 0.25) is 36.3 Å². The third-order valence-corrected chi connectivity index (χ3v) is 11.5. The van der Waals surface area contributed by atoms with Gasteiger partial charge in [0.2, 0.25) is 0 Å². The lowest BCUT2D eigenvalue weighted by atomic mass is 9.37. The lowest BCUT2D eigenvalue weighted by molar-refractivity contribution is 0.124. The van der Waals surface area contributed by atoms with Crippen LogP contribution in [-0.2, 0) is 4.65 Å². The molecule has 3 heteroatoms. The summed E-state index contributed by atoms with van der Waals surface area (Å²) in [5, 5.41) is 0.225. The van der Waals surface area contributed by atoms with Crippen molar-refractivity contribution in [2.75, 3.05) is 0 Å². The molecule has 2 rings (SSSR count). The fourth-order valence-corrected chi connectivity index (χ4v) is 8.80. The molecule has 2 saturated heterocycles. The summed E-state index contributed by atoms with van der Waals surface area (Å²) in [5.41, 5.74) is 0. The molecule has 2 atom stereocenters. The third-order valence-electron chi connectivity index (χ3n) is 7.90. The average molecular weight is 391 g/mol. The van der Waals surface area contributed by atoms with E-state index in [1.807, 2.05) is 0 Å². The summed E-state index contributed by atoms with van der Waals surface area (Å²) < 4.78 is 7.25. The summed E-state index contributed by atoms with van der Waals surface area (Å²) in [6.45, 7) is 17.3. The van der Waals surface area contributed by atoms with Crippen molar-refractivity contribution in [3.8, 4) is 0 Å². The van der Waals surface area contributed by atoms with E-state index in [1.165, 1.54) is 83.5 Å². The molecule has 2 bridgehead atoms. The van der Waals surface area contributed by atoms with Crippen molar-refractivity contribution in [3.63, 3.8) is 0 Å². The molecule has 0 aromatic heterocycles. The number of hydrogen-bond donors (Lipinski definition) is 0. The van der Waals surface area contributed by atoms with Gasteiger partial charge in [-0.1, -0.05) is 110 Å². The van der Waals surface area contributed by atoms with Gasteiger partial charge in [-0.15, -0.1) is 6.58 Å². The number of fused-ring (bicyclic) bond motifs is 2. The molecule has 0 unspecified atom stereocenters. The van der Waals surface area contributed by atoms with Crippen molar-refractivity contribution in [1.82, 2.24) is 0 Å². The summed E-state index contributed by atoms with van der Waals surface area (Å²) in [6, 6.07) is 0. The van der Waals surface area contributed by atoms with Crippen LogP contribution in [-0.4, -0.2) is 21.1 Å². The second-order valence-electron chi connectivity index (χ2n) is 10.6. The fraction of sp³-hybridized carbons (Fsp3) is 0.917. The molecule has 0 saturated carbocycles. The van der Waals surface area contributed by atoms with Crippen LogP contribution in [0.1, 0.15) is 97.3 Å². The van der Waals surface area contributed by atoms with E-state index < -0.39 is 8.07 Å². The van der Waals surface area contributed by atoms with Gasteiger partial charge in [-0.05, 0) is 24.5 Å². The molecule has 27 heavy (non-hydrogen) atoms. The Morgan fingerprint density at radius 1 is 1.00 bits per heavy atom. The smallest absolute Gasteiger partial charge is 0.299 e. The van der Waals surface area contributed by atoms with Gasteiger partial charge in [0, 0.05) is 11.1 Å². The van der Waals surface area contributed by atoms with E-state index in [9.17, 15) is 0 Å². The first-order chi connectivity index (χ1) is 12.9. The molecule has 0 aromatic carbocycles. The summed E-state index contributed by atoms with van der Waals surface area (Å²) in [7, 11) is -1.46. The zero-order chi connectivity index (χ0) is 19.9. The molecule has 2 aliphatic rings. The zero-order valence-electron chi connectivity index (χ0n) is 19.2. The average Bonchev–Trinajstić information content (AvgIpc) is 2.61. The highest BCUT2D eigenvalue weighted by Gasteiger charge is 2.50. The van der Waals surface area contributed by atoms with Crippen molar-refractivity contribution in [1.29, 1.82) is 0 Å². The van der Waals surface area contributed by atoms with Crippen molar-refractivity contribution < 1.29 is 4.65 Å². The van der Waals surface area contributed by atoms with E-state index in [2.05, 4.69) is 46.1 Å². The molecule has 156 valence electrons. The molecule has 2 fully saturated rings. The van der Waals surface area contributed by atoms with Crippen molar-refractivity contribution in [2.45, 2.75) is 140 Å². The largest absolute Gasteiger partial charge is 0.432 e. The van der Waals surface area contributed by atoms with E-state index in [1.54, 1.807) is 0 Å². The van der Waals surface area contributed by atoms with Crippen molar-refractivity contribution in [2.24, 2.45) is 0 Å². The van der Waals surface area contributed by atoms with E-state index in [4.69, 9.17) is 4.65 Å². The van der Waals surface area contributed by atoms with Gasteiger partial charge in [-0.25, -0.2) is 0 Å². The topological polar surface area (TPSA) is 9.23 Å². The molecule has 0 aliphatic carbocycles. The zero-order valence-corrected chi connectivity index (χ0v) is 20.2. The van der Waals surface area contributed by atoms with E-state index in [-0.39, 0.29) is 5.04 Å². The molecule has 2 aliphatic heterocycles. The molecular formula is C24H47BOSi. The van der Waals surface area contributed by atoms with Crippen LogP contribution in [0.15, 0.2) is 12.7 Å². The summed E-state index contributed by atoms with van der Waals surface area (Å²) in [5.74, 6) is 1.67. The molecule has 0 amide bonds. The second kappa shape index (κ2) is 10.7. The van der Waals surface area contributed by atoms with Crippen LogP contribution in [0.4, 0.5) is 0 Å². The maximum absolute atomic E-state index is 7.25. The summed E-state index contributed by atoms with van der Waals surface area (Å²) >= 11 is 0. The van der Waals surface area contributed by atoms with Gasteiger partial charge in [0.1, 0.15) is 0 Å². The van der Waals surface area contributed by atoms with Gasteiger partial charge in [-0.2, -0.15) is 0 Å². The summed E-state index contributed by atoms with van der Waals surface area (Å²) in [4.78, 5) is 0. The molecular weight excluding hydrogens is 343 g/mol. The molecule has 0 aromatic rings. The van der Waals surface area contributed by atoms with Gasteiger partial charge < -0.3 is 4.65 Å². The van der Waals surface area contributed by atoms with Crippen molar-refractivity contribution in [3.05, 3.63) is 12.7 Å². The monoisotopic (exact) mass is 390 g/mol. The summed E-state index contributed by atoms with van der Waals surface area (Å²) in [6.07, 6.45) is 20.3. The van der Waals surface area contributed by atoms with Crippen LogP contribution in [0.25, 0.3) is 0 Å². The van der Waals surface area contributed by atoms with Crippen LogP contribution in [0, 0.1) is 0 Å². The first-order valence-corrected chi connectivity index (χ1v) is 15.7. The normalized spacial score (nSPS) is 26.5. The Morgan fingerprint density at radius 2 is 1.56 bits per heavy atom. The molecule has 0 radical (unpaired) electrons. The van der Waals surface area contributed by atoms with E-state index >= 15 is 0 Å². The minimum absolute atomic E-state index is 0.225. The Kier molecular flexibility index (Phi) is 9.19. The Bertz CT molecular complexity index is 424. The maximum Gasteiger partial charge on any atom is 0.299 e. The fourth-order valence-electron chi connectivity index (χ4n) is 6.08. The Morgan fingerprint density at radius 3 is 2.00 bits per heavy atom. The van der Waals surface area contributed by atoms with Gasteiger partial charge in [0.15, 0.2) is 0 Å². The maximum atomic E-state index is 7.25. The molecule has 0 N–H and O–H groups in total. The molecule has 1 nitrogen and oxygen atoms in total. The van der Waals surface area contributed by atoms with Gasteiger partial charge in [0.25, 0.3) is 6.92 Å². The van der Waals surface area contributed by atoms with Crippen molar-refractivity contribution >= 4 is 15.0 Å². The predicted octanol–water partition coefficient (Wildman–Crippen LogP) is 8.51. The van der Waals surface area contributed by atoms with Crippen LogP contribution >= 0.6 is 0 Å². The van der Waals surface area contributed by atoms with Crippen LogP contribution in [0.5, 0.6) is 0 Å². The predicted molar refractivity (Wildman–Crippen MR) is 126 cm³/mol. The SMILES string of the molecule is C=C[C@](CCCC)([C@H](CCCCC)OB1C2CCCC1CCC2)[Si](C)(C)C. The second-order valence-corrected chi connectivity index (χ2v) is 16.0. The Hall–Kier alpha value is -0.0182. The highest BCUT2D eigenvalue weighted by atomic mass is 28.3. The Balaban J connectivity index is 2.27. The molecule has 0 spiro atoms. The van der Waals surface area contributed by atoms with Gasteiger partial charge >= 0.3 is 0 Å².